The van der Waals surface area contributed by atoms with E-state index < -0.39 is 0 Å². The first-order valence-electron chi connectivity index (χ1n) is 9.35. The summed E-state index contributed by atoms with van der Waals surface area (Å²) in [5, 5.41) is 2.13. The number of fused-ring (bicyclic) bond motifs is 5. The van der Waals surface area contributed by atoms with E-state index in [1.165, 1.54) is 0 Å². The fourth-order valence-corrected chi connectivity index (χ4v) is 4.15. The molecule has 0 atom stereocenters. The smallest absolute Gasteiger partial charge is 0.194 e. The van der Waals surface area contributed by atoms with Crippen LogP contribution < -0.4 is 4.74 Å². The zero-order valence-corrected chi connectivity index (χ0v) is 17.6. The van der Waals surface area contributed by atoms with E-state index in [0.717, 1.165) is 45.3 Å². The third-order valence-corrected chi connectivity index (χ3v) is 5.05. The fraction of sp³-hybridized carbons (Fsp3) is 0.292. The van der Waals surface area contributed by atoms with Crippen molar-refractivity contribution in [2.45, 2.75) is 13.8 Å². The van der Waals surface area contributed by atoms with E-state index in [-0.39, 0.29) is 23.6 Å². The van der Waals surface area contributed by atoms with Gasteiger partial charge in [0.2, 0.25) is 0 Å². The topological polar surface area (TPSA) is 29.5 Å². The predicted molar refractivity (Wildman–Crippen MR) is 118 cm³/mol. The summed E-state index contributed by atoms with van der Waals surface area (Å²) in [6.45, 7) is 5.92. The van der Waals surface area contributed by atoms with Gasteiger partial charge in [-0.3, -0.25) is 4.79 Å². The van der Waals surface area contributed by atoms with Crippen molar-refractivity contribution in [1.29, 1.82) is 0 Å². The Morgan fingerprint density at radius 3 is 2.18 bits per heavy atom. The molecule has 0 N–H and O–H groups in total. The second-order valence-electron chi connectivity index (χ2n) is 8.41. The number of hydrogen-bond acceptors (Lipinski definition) is 3. The third kappa shape index (κ3) is 3.52. The van der Waals surface area contributed by atoms with Gasteiger partial charge in [0.15, 0.2) is 5.78 Å². The van der Waals surface area contributed by atoms with Crippen molar-refractivity contribution in [2.75, 3.05) is 27.2 Å². The number of carbonyl (C=O) groups is 1. The zero-order chi connectivity index (χ0) is 19.2. The van der Waals surface area contributed by atoms with Gasteiger partial charge in [0, 0.05) is 34.0 Å². The Morgan fingerprint density at radius 1 is 0.893 bits per heavy atom. The maximum absolute atomic E-state index is 13.0. The SMILES string of the molecule is CN(C)CC(C)(C)COc1cc2c(c3ccccc13)-c1ccccc1C2=O.Cl. The third-order valence-electron chi connectivity index (χ3n) is 5.05. The van der Waals surface area contributed by atoms with Gasteiger partial charge < -0.3 is 9.64 Å². The first kappa shape index (κ1) is 20.4. The van der Waals surface area contributed by atoms with Crippen LogP contribution in [0.25, 0.3) is 21.9 Å². The van der Waals surface area contributed by atoms with Gasteiger partial charge >= 0.3 is 0 Å². The number of halogens is 1. The summed E-state index contributed by atoms with van der Waals surface area (Å²) in [5.41, 5.74) is 3.59. The van der Waals surface area contributed by atoms with E-state index in [2.05, 4.69) is 45.0 Å². The average molecular weight is 396 g/mol. The van der Waals surface area contributed by atoms with Crippen LogP contribution in [-0.4, -0.2) is 37.9 Å². The molecule has 0 saturated heterocycles. The van der Waals surface area contributed by atoms with Crippen molar-refractivity contribution in [3.8, 4) is 16.9 Å². The summed E-state index contributed by atoms with van der Waals surface area (Å²) in [7, 11) is 4.14. The Labute approximate surface area is 172 Å². The molecule has 28 heavy (non-hydrogen) atoms. The van der Waals surface area contributed by atoms with Crippen molar-refractivity contribution < 1.29 is 9.53 Å². The molecule has 3 nitrogen and oxygen atoms in total. The lowest BCUT2D eigenvalue weighted by Gasteiger charge is -2.28. The van der Waals surface area contributed by atoms with Crippen LogP contribution in [0.4, 0.5) is 0 Å². The minimum Gasteiger partial charge on any atom is -0.492 e. The molecule has 0 heterocycles. The largest absolute Gasteiger partial charge is 0.492 e. The highest BCUT2D eigenvalue weighted by molar-refractivity contribution is 6.26. The number of rotatable bonds is 5. The molecule has 146 valence electrons. The molecular formula is C24H26ClNO2. The molecule has 3 aromatic carbocycles. The van der Waals surface area contributed by atoms with Crippen molar-refractivity contribution in [2.24, 2.45) is 5.41 Å². The zero-order valence-electron chi connectivity index (χ0n) is 16.8. The number of carbonyl (C=O) groups excluding carboxylic acids is 1. The molecular weight excluding hydrogens is 370 g/mol. The standard InChI is InChI=1S/C24H25NO2.ClH/c1-24(2,14-25(3)4)15-27-21-13-20-22(17-10-6-5-9-16(17)21)18-11-7-8-12-19(18)23(20)26;/h5-13H,14-15H2,1-4H3;1H. The van der Waals surface area contributed by atoms with Crippen LogP contribution in [0.2, 0.25) is 0 Å². The quantitative estimate of drug-likeness (QED) is 0.450. The van der Waals surface area contributed by atoms with Crippen molar-refractivity contribution >= 4 is 29.0 Å². The highest BCUT2D eigenvalue weighted by Gasteiger charge is 2.30. The molecule has 0 unspecified atom stereocenters. The van der Waals surface area contributed by atoms with Crippen LogP contribution >= 0.6 is 12.4 Å². The maximum atomic E-state index is 13.0. The molecule has 3 aromatic rings. The predicted octanol–water partition coefficient (Wildman–Crippen LogP) is 5.44. The minimum atomic E-state index is 0. The van der Waals surface area contributed by atoms with Crippen LogP contribution in [0.3, 0.4) is 0 Å². The summed E-state index contributed by atoms with van der Waals surface area (Å²) in [4.78, 5) is 15.1. The van der Waals surface area contributed by atoms with E-state index in [1.54, 1.807) is 0 Å². The summed E-state index contributed by atoms with van der Waals surface area (Å²) in [5.74, 6) is 0.876. The highest BCUT2D eigenvalue weighted by atomic mass is 35.5. The lowest BCUT2D eigenvalue weighted by molar-refractivity contribution is 0.104. The number of ketones is 1. The molecule has 0 aliphatic heterocycles. The molecule has 1 aliphatic rings. The van der Waals surface area contributed by atoms with E-state index >= 15 is 0 Å². The second-order valence-corrected chi connectivity index (χ2v) is 8.41. The summed E-state index contributed by atoms with van der Waals surface area (Å²) in [6.07, 6.45) is 0. The molecule has 0 spiro atoms. The van der Waals surface area contributed by atoms with E-state index in [0.29, 0.717) is 6.61 Å². The number of nitrogens with zero attached hydrogens (tertiary/aromatic N) is 1. The molecule has 0 radical (unpaired) electrons. The first-order chi connectivity index (χ1) is 12.9. The van der Waals surface area contributed by atoms with Crippen LogP contribution in [0, 0.1) is 5.41 Å². The lowest BCUT2D eigenvalue weighted by atomic mass is 9.94. The Morgan fingerprint density at radius 2 is 1.50 bits per heavy atom. The van der Waals surface area contributed by atoms with Crippen molar-refractivity contribution in [1.82, 2.24) is 4.90 Å². The molecule has 1 aliphatic carbocycles. The van der Waals surface area contributed by atoms with Gasteiger partial charge in [-0.1, -0.05) is 62.4 Å². The van der Waals surface area contributed by atoms with Crippen LogP contribution in [0.1, 0.15) is 29.8 Å². The van der Waals surface area contributed by atoms with Gasteiger partial charge in [0.25, 0.3) is 0 Å². The van der Waals surface area contributed by atoms with E-state index in [1.807, 2.05) is 42.5 Å². The van der Waals surface area contributed by atoms with Crippen molar-refractivity contribution in [3.05, 3.63) is 65.7 Å². The van der Waals surface area contributed by atoms with Gasteiger partial charge in [-0.05, 0) is 31.1 Å². The van der Waals surface area contributed by atoms with Crippen LogP contribution in [0.5, 0.6) is 5.75 Å². The minimum absolute atomic E-state index is 0. The Balaban J connectivity index is 0.00000225. The van der Waals surface area contributed by atoms with Gasteiger partial charge in [-0.25, -0.2) is 0 Å². The Bertz CT molecular complexity index is 1040. The number of ether oxygens (including phenoxy) is 1. The Kier molecular flexibility index (Phi) is 5.51. The number of hydrogen-bond donors (Lipinski definition) is 0. The van der Waals surface area contributed by atoms with Crippen molar-refractivity contribution in [3.63, 3.8) is 0 Å². The summed E-state index contributed by atoms with van der Waals surface area (Å²) >= 11 is 0. The highest BCUT2D eigenvalue weighted by Crippen LogP contribution is 2.44. The first-order valence-corrected chi connectivity index (χ1v) is 9.35. The molecule has 4 rings (SSSR count). The van der Waals surface area contributed by atoms with Crippen LogP contribution in [0.15, 0.2) is 54.6 Å². The number of benzene rings is 3. The molecule has 0 aromatic heterocycles. The monoisotopic (exact) mass is 395 g/mol. The van der Waals surface area contributed by atoms with Gasteiger partial charge in [0.1, 0.15) is 5.75 Å². The molecule has 0 bridgehead atoms. The summed E-state index contributed by atoms with van der Waals surface area (Å²) < 4.78 is 6.28. The van der Waals surface area contributed by atoms with E-state index in [4.69, 9.17) is 4.74 Å². The van der Waals surface area contributed by atoms with E-state index in [9.17, 15) is 4.79 Å². The van der Waals surface area contributed by atoms with Gasteiger partial charge in [0.05, 0.1) is 6.61 Å². The second kappa shape index (κ2) is 7.57. The van der Waals surface area contributed by atoms with Gasteiger partial charge in [-0.2, -0.15) is 0 Å². The molecule has 0 saturated carbocycles. The van der Waals surface area contributed by atoms with Gasteiger partial charge in [-0.15, -0.1) is 12.4 Å². The summed E-state index contributed by atoms with van der Waals surface area (Å²) in [6, 6.07) is 18.0. The van der Waals surface area contributed by atoms with Crippen LogP contribution in [-0.2, 0) is 0 Å². The molecule has 4 heteroatoms. The lowest BCUT2D eigenvalue weighted by Crippen LogP contribution is -2.33. The fourth-order valence-electron chi connectivity index (χ4n) is 4.15. The Hall–Kier alpha value is -2.36. The molecule has 0 fully saturated rings. The average Bonchev–Trinajstić information content (AvgIpc) is 2.92. The molecule has 0 amide bonds. The normalized spacial score (nSPS) is 12.7. The maximum Gasteiger partial charge on any atom is 0.194 e.